The van der Waals surface area contributed by atoms with Crippen LogP contribution in [0.2, 0.25) is 0 Å². The smallest absolute Gasteiger partial charge is 0.407 e. The van der Waals surface area contributed by atoms with Crippen molar-refractivity contribution in [2.24, 2.45) is 0 Å². The number of carbonyl (C=O) groups excluding carboxylic acids is 1. The maximum absolute atomic E-state index is 12.0. The van der Waals surface area contributed by atoms with Crippen LogP contribution in [0.25, 0.3) is 11.1 Å². The zero-order valence-corrected chi connectivity index (χ0v) is 13.9. The summed E-state index contributed by atoms with van der Waals surface area (Å²) >= 11 is 0. The largest absolute Gasteiger partial charge is 0.449 e. The number of hydrogen-bond donors (Lipinski definition) is 2. The number of ether oxygens (including phenoxy) is 1. The second kappa shape index (κ2) is 7.49. The van der Waals surface area contributed by atoms with Crippen LogP contribution >= 0.6 is 0 Å². The van der Waals surface area contributed by atoms with Gasteiger partial charge in [-0.15, -0.1) is 0 Å². The van der Waals surface area contributed by atoms with Crippen molar-refractivity contribution in [3.63, 3.8) is 0 Å². The molecule has 2 aromatic carbocycles. The standard InChI is InChI=1S/C20H23NO3/c1-14(7-6-12-22)21-20(23)24-13-19-17-10-4-2-8-15(17)16-9-3-5-11-18(16)19/h2-5,8-11,14,19,22H,6-7,12-13H2,1H3,(H,21,23). The van der Waals surface area contributed by atoms with Crippen molar-refractivity contribution in [1.29, 1.82) is 0 Å². The Morgan fingerprint density at radius 2 is 1.71 bits per heavy atom. The quantitative estimate of drug-likeness (QED) is 0.851. The van der Waals surface area contributed by atoms with E-state index in [0.29, 0.717) is 13.0 Å². The molecule has 1 atom stereocenters. The molecule has 0 spiro atoms. The van der Waals surface area contributed by atoms with E-state index in [-0.39, 0.29) is 18.6 Å². The molecule has 0 aromatic heterocycles. The van der Waals surface area contributed by atoms with E-state index in [1.54, 1.807) is 0 Å². The molecule has 0 radical (unpaired) electrons. The fourth-order valence-electron chi connectivity index (χ4n) is 3.31. The summed E-state index contributed by atoms with van der Waals surface area (Å²) in [6, 6.07) is 16.5. The maximum atomic E-state index is 12.0. The lowest BCUT2D eigenvalue weighted by molar-refractivity contribution is 0.138. The Labute approximate surface area is 142 Å². The molecule has 2 aromatic rings. The molecule has 0 bridgehead atoms. The Bertz CT molecular complexity index is 668. The third-order valence-electron chi connectivity index (χ3n) is 4.50. The molecule has 3 rings (SSSR count). The van der Waals surface area contributed by atoms with Crippen LogP contribution in [-0.2, 0) is 4.74 Å². The molecule has 2 N–H and O–H groups in total. The number of fused-ring (bicyclic) bond motifs is 3. The zero-order chi connectivity index (χ0) is 16.9. The van der Waals surface area contributed by atoms with Gasteiger partial charge < -0.3 is 15.2 Å². The summed E-state index contributed by atoms with van der Waals surface area (Å²) in [5, 5.41) is 11.7. The van der Waals surface area contributed by atoms with Gasteiger partial charge in [0.1, 0.15) is 6.61 Å². The summed E-state index contributed by atoms with van der Waals surface area (Å²) in [5.74, 6) is 0.0795. The van der Waals surface area contributed by atoms with E-state index in [1.807, 2.05) is 31.2 Å². The van der Waals surface area contributed by atoms with E-state index < -0.39 is 6.09 Å². The van der Waals surface area contributed by atoms with Gasteiger partial charge in [-0.1, -0.05) is 48.5 Å². The minimum Gasteiger partial charge on any atom is -0.449 e. The van der Waals surface area contributed by atoms with Crippen LogP contribution in [-0.4, -0.2) is 30.5 Å². The molecule has 0 saturated heterocycles. The van der Waals surface area contributed by atoms with Crippen LogP contribution in [0.5, 0.6) is 0 Å². The molecule has 4 nitrogen and oxygen atoms in total. The number of alkyl carbamates (subject to hydrolysis) is 1. The molecule has 126 valence electrons. The van der Waals surface area contributed by atoms with Gasteiger partial charge in [-0.05, 0) is 42.0 Å². The summed E-state index contributed by atoms with van der Waals surface area (Å²) in [6.45, 7) is 2.38. The highest BCUT2D eigenvalue weighted by Crippen LogP contribution is 2.44. The van der Waals surface area contributed by atoms with Gasteiger partial charge in [-0.3, -0.25) is 0 Å². The molecule has 0 aliphatic heterocycles. The van der Waals surface area contributed by atoms with E-state index in [0.717, 1.165) is 6.42 Å². The van der Waals surface area contributed by atoms with Crippen LogP contribution in [0.4, 0.5) is 4.79 Å². The molecular formula is C20H23NO3. The number of nitrogens with one attached hydrogen (secondary N) is 1. The molecule has 1 amide bonds. The Kier molecular flexibility index (Phi) is 5.16. The number of aliphatic hydroxyl groups excluding tert-OH is 1. The van der Waals surface area contributed by atoms with Crippen LogP contribution in [0.15, 0.2) is 48.5 Å². The van der Waals surface area contributed by atoms with Gasteiger partial charge in [0.25, 0.3) is 0 Å². The Morgan fingerprint density at radius 3 is 2.29 bits per heavy atom. The molecule has 4 heteroatoms. The lowest BCUT2D eigenvalue weighted by Crippen LogP contribution is -2.34. The topological polar surface area (TPSA) is 58.6 Å². The predicted molar refractivity (Wildman–Crippen MR) is 94.0 cm³/mol. The second-order valence-corrected chi connectivity index (χ2v) is 6.24. The normalized spacial score (nSPS) is 13.9. The Balaban J connectivity index is 1.66. The van der Waals surface area contributed by atoms with Gasteiger partial charge in [0.05, 0.1) is 0 Å². The van der Waals surface area contributed by atoms with Gasteiger partial charge in [0, 0.05) is 18.6 Å². The number of amides is 1. The first-order valence-corrected chi connectivity index (χ1v) is 8.43. The lowest BCUT2D eigenvalue weighted by Gasteiger charge is -2.17. The molecular weight excluding hydrogens is 302 g/mol. The predicted octanol–water partition coefficient (Wildman–Crippen LogP) is 3.69. The van der Waals surface area contributed by atoms with Crippen molar-refractivity contribution in [1.82, 2.24) is 5.32 Å². The van der Waals surface area contributed by atoms with Crippen LogP contribution in [0, 0.1) is 0 Å². The van der Waals surface area contributed by atoms with Crippen molar-refractivity contribution < 1.29 is 14.6 Å². The Hall–Kier alpha value is -2.33. The van der Waals surface area contributed by atoms with Gasteiger partial charge in [0.15, 0.2) is 0 Å². The molecule has 1 aliphatic rings. The SMILES string of the molecule is CC(CCCO)NC(=O)OCC1c2ccccc2-c2ccccc21. The van der Waals surface area contributed by atoms with E-state index in [9.17, 15) is 4.79 Å². The van der Waals surface area contributed by atoms with Crippen LogP contribution in [0.1, 0.15) is 36.8 Å². The van der Waals surface area contributed by atoms with Gasteiger partial charge >= 0.3 is 6.09 Å². The highest BCUT2D eigenvalue weighted by Gasteiger charge is 2.29. The molecule has 0 heterocycles. The summed E-state index contributed by atoms with van der Waals surface area (Å²) < 4.78 is 5.48. The highest BCUT2D eigenvalue weighted by molar-refractivity contribution is 5.79. The Morgan fingerprint density at radius 1 is 1.12 bits per heavy atom. The first kappa shape index (κ1) is 16.5. The summed E-state index contributed by atoms with van der Waals surface area (Å²) in [5.41, 5.74) is 4.86. The fraction of sp³-hybridized carbons (Fsp3) is 0.350. The van der Waals surface area contributed by atoms with Crippen molar-refractivity contribution in [2.45, 2.75) is 31.7 Å². The van der Waals surface area contributed by atoms with Gasteiger partial charge in [-0.25, -0.2) is 4.79 Å². The van der Waals surface area contributed by atoms with E-state index in [2.05, 4.69) is 29.6 Å². The minimum absolute atomic E-state index is 0.00667. The van der Waals surface area contributed by atoms with E-state index in [1.165, 1.54) is 22.3 Å². The molecule has 1 unspecified atom stereocenters. The number of carbonyl (C=O) groups is 1. The molecule has 1 aliphatic carbocycles. The molecule has 24 heavy (non-hydrogen) atoms. The lowest BCUT2D eigenvalue weighted by atomic mass is 9.98. The third-order valence-corrected chi connectivity index (χ3v) is 4.50. The van der Waals surface area contributed by atoms with Crippen LogP contribution in [0.3, 0.4) is 0 Å². The zero-order valence-electron chi connectivity index (χ0n) is 13.9. The third kappa shape index (κ3) is 3.44. The van der Waals surface area contributed by atoms with Crippen molar-refractivity contribution in [3.05, 3.63) is 59.7 Å². The van der Waals surface area contributed by atoms with Gasteiger partial charge in [-0.2, -0.15) is 0 Å². The fourth-order valence-corrected chi connectivity index (χ4v) is 3.31. The maximum Gasteiger partial charge on any atom is 0.407 e. The number of rotatable bonds is 6. The molecule has 0 saturated carbocycles. The second-order valence-electron chi connectivity index (χ2n) is 6.24. The summed E-state index contributed by atoms with van der Waals surface area (Å²) in [6.07, 6.45) is 1.01. The number of aliphatic hydroxyl groups is 1. The minimum atomic E-state index is -0.401. The summed E-state index contributed by atoms with van der Waals surface area (Å²) in [7, 11) is 0. The van der Waals surface area contributed by atoms with E-state index in [4.69, 9.17) is 9.84 Å². The summed E-state index contributed by atoms with van der Waals surface area (Å²) in [4.78, 5) is 12.0. The highest BCUT2D eigenvalue weighted by atomic mass is 16.5. The van der Waals surface area contributed by atoms with Crippen molar-refractivity contribution >= 4 is 6.09 Å². The van der Waals surface area contributed by atoms with Crippen molar-refractivity contribution in [3.8, 4) is 11.1 Å². The first-order valence-electron chi connectivity index (χ1n) is 8.43. The van der Waals surface area contributed by atoms with Crippen molar-refractivity contribution in [2.75, 3.05) is 13.2 Å². The van der Waals surface area contributed by atoms with Gasteiger partial charge in [0.2, 0.25) is 0 Å². The molecule has 0 fully saturated rings. The monoisotopic (exact) mass is 325 g/mol. The average Bonchev–Trinajstić information content (AvgIpc) is 2.92. The van der Waals surface area contributed by atoms with E-state index >= 15 is 0 Å². The number of benzene rings is 2. The van der Waals surface area contributed by atoms with Crippen LogP contribution < -0.4 is 5.32 Å². The first-order chi connectivity index (χ1) is 11.7. The number of hydrogen-bond acceptors (Lipinski definition) is 3. The average molecular weight is 325 g/mol.